The number of urea groups is 1. The predicted octanol–water partition coefficient (Wildman–Crippen LogP) is 3.11. The van der Waals surface area contributed by atoms with E-state index in [2.05, 4.69) is 31.4 Å². The first-order chi connectivity index (χ1) is 19.4. The lowest BCUT2D eigenvalue weighted by atomic mass is 10.0. The molecule has 1 aromatic heterocycles. The Morgan fingerprint density at radius 3 is 2.65 bits per heavy atom. The molecule has 0 spiro atoms. The lowest BCUT2D eigenvalue weighted by molar-refractivity contribution is -0.123. The number of thioether (sulfide) groups is 1. The summed E-state index contributed by atoms with van der Waals surface area (Å²) in [5.74, 6) is 2.59. The van der Waals surface area contributed by atoms with E-state index in [4.69, 9.17) is 9.26 Å². The number of benzene rings is 1. The SMILES string of the molecule is CCc1cc(-c2nc(C)no2)ccc1OCC(=O)NCCCCCNC(=O)CCCC[C@@H]1SC[C@@H]2NC(=O)N[C@@H]21. The van der Waals surface area contributed by atoms with E-state index in [-0.39, 0.29) is 36.5 Å². The maximum Gasteiger partial charge on any atom is 0.315 e. The van der Waals surface area contributed by atoms with Crippen LogP contribution < -0.4 is 26.0 Å². The van der Waals surface area contributed by atoms with Crippen molar-refractivity contribution in [2.75, 3.05) is 25.4 Å². The Morgan fingerprint density at radius 1 is 1.10 bits per heavy atom. The highest BCUT2D eigenvalue weighted by molar-refractivity contribution is 8.00. The quantitative estimate of drug-likeness (QED) is 0.177. The van der Waals surface area contributed by atoms with Gasteiger partial charge in [-0.1, -0.05) is 18.5 Å². The van der Waals surface area contributed by atoms with Crippen molar-refractivity contribution < 1.29 is 23.6 Å². The van der Waals surface area contributed by atoms with Crippen molar-refractivity contribution in [2.24, 2.45) is 0 Å². The molecule has 0 saturated carbocycles. The molecule has 2 aromatic rings. The minimum Gasteiger partial charge on any atom is -0.483 e. The van der Waals surface area contributed by atoms with Crippen molar-refractivity contribution in [1.29, 1.82) is 0 Å². The minimum absolute atomic E-state index is 0.0474. The van der Waals surface area contributed by atoms with Crippen LogP contribution in [0, 0.1) is 6.92 Å². The zero-order valence-corrected chi connectivity index (χ0v) is 24.1. The van der Waals surface area contributed by atoms with E-state index in [1.165, 1.54) is 0 Å². The van der Waals surface area contributed by atoms with Crippen LogP contribution in [-0.4, -0.2) is 70.8 Å². The predicted molar refractivity (Wildman–Crippen MR) is 153 cm³/mol. The molecule has 2 aliphatic heterocycles. The van der Waals surface area contributed by atoms with E-state index in [0.717, 1.165) is 61.8 Å². The summed E-state index contributed by atoms with van der Waals surface area (Å²) in [6.07, 6.45) is 6.77. The van der Waals surface area contributed by atoms with Gasteiger partial charge < -0.3 is 30.5 Å². The monoisotopic (exact) mass is 572 g/mol. The van der Waals surface area contributed by atoms with E-state index in [9.17, 15) is 14.4 Å². The summed E-state index contributed by atoms with van der Waals surface area (Å²) in [6, 6.07) is 6.03. The van der Waals surface area contributed by atoms with Gasteiger partial charge in [0.2, 0.25) is 5.91 Å². The second-order valence-corrected chi connectivity index (χ2v) is 11.5. The third-order valence-corrected chi connectivity index (χ3v) is 8.66. The number of hydrogen-bond acceptors (Lipinski definition) is 8. The molecule has 4 N–H and O–H groups in total. The summed E-state index contributed by atoms with van der Waals surface area (Å²) in [5.41, 5.74) is 1.78. The Kier molecular flexibility index (Phi) is 11.1. The van der Waals surface area contributed by atoms with Gasteiger partial charge >= 0.3 is 6.03 Å². The molecule has 4 rings (SSSR count). The first-order valence-electron chi connectivity index (χ1n) is 14.2. The molecule has 0 radical (unpaired) electrons. The van der Waals surface area contributed by atoms with E-state index < -0.39 is 0 Å². The fourth-order valence-electron chi connectivity index (χ4n) is 4.98. The van der Waals surface area contributed by atoms with Crippen LogP contribution in [-0.2, 0) is 16.0 Å². The first-order valence-corrected chi connectivity index (χ1v) is 15.3. The largest absolute Gasteiger partial charge is 0.483 e. The molecule has 2 saturated heterocycles. The van der Waals surface area contributed by atoms with Gasteiger partial charge in [-0.15, -0.1) is 0 Å². The summed E-state index contributed by atoms with van der Waals surface area (Å²) in [6.45, 7) is 4.97. The molecule has 2 fully saturated rings. The van der Waals surface area contributed by atoms with Crippen LogP contribution in [0.25, 0.3) is 11.5 Å². The van der Waals surface area contributed by atoms with Crippen LogP contribution in [0.5, 0.6) is 5.75 Å². The number of hydrogen-bond donors (Lipinski definition) is 4. The van der Waals surface area contributed by atoms with Crippen molar-refractivity contribution in [2.45, 2.75) is 82.5 Å². The maximum atomic E-state index is 12.2. The lowest BCUT2D eigenvalue weighted by Gasteiger charge is -2.16. The Labute approximate surface area is 239 Å². The van der Waals surface area contributed by atoms with Gasteiger partial charge in [-0.05, 0) is 69.2 Å². The maximum absolute atomic E-state index is 12.2. The minimum atomic E-state index is -0.162. The number of unbranched alkanes of at least 4 members (excludes halogenated alkanes) is 3. The Hall–Kier alpha value is -3.28. The van der Waals surface area contributed by atoms with Crippen LogP contribution in [0.4, 0.5) is 4.79 Å². The number of nitrogens with zero attached hydrogens (tertiary/aromatic N) is 2. The van der Waals surface area contributed by atoms with Crippen LogP contribution in [0.15, 0.2) is 22.7 Å². The highest BCUT2D eigenvalue weighted by atomic mass is 32.2. The van der Waals surface area contributed by atoms with Gasteiger partial charge in [-0.3, -0.25) is 9.59 Å². The van der Waals surface area contributed by atoms with Gasteiger partial charge in [0, 0.05) is 36.1 Å². The second kappa shape index (κ2) is 14.9. The average molecular weight is 573 g/mol. The zero-order valence-electron chi connectivity index (χ0n) is 23.3. The van der Waals surface area contributed by atoms with E-state index in [0.29, 0.717) is 42.2 Å². The average Bonchev–Trinajstić information content (AvgIpc) is 3.65. The second-order valence-electron chi connectivity index (χ2n) is 10.2. The standard InChI is InChI=1S/C28H40N6O5S/c1-3-19-15-20(27-31-18(2)34-39-27)11-12-22(19)38-16-25(36)30-14-8-4-7-13-29-24(35)10-6-5-9-23-26-21(17-40-23)32-28(37)33-26/h11-12,15,21,23,26H,3-10,13-14,16-17H2,1-2H3,(H,29,35)(H,30,36)(H2,32,33,37)/t21-,23-,26-/m0/s1. The molecule has 218 valence electrons. The lowest BCUT2D eigenvalue weighted by Crippen LogP contribution is -2.36. The highest BCUT2D eigenvalue weighted by Gasteiger charge is 2.42. The number of ether oxygens (including phenoxy) is 1. The third kappa shape index (κ3) is 8.61. The zero-order chi connectivity index (χ0) is 28.3. The summed E-state index contributed by atoms with van der Waals surface area (Å²) in [4.78, 5) is 40.0. The third-order valence-electron chi connectivity index (χ3n) is 7.15. The van der Waals surface area contributed by atoms with Crippen molar-refractivity contribution in [3.05, 3.63) is 29.6 Å². The van der Waals surface area contributed by atoms with Crippen molar-refractivity contribution in [1.82, 2.24) is 31.4 Å². The smallest absolute Gasteiger partial charge is 0.315 e. The summed E-state index contributed by atoms with van der Waals surface area (Å²) < 4.78 is 11.0. The number of carbonyl (C=O) groups is 3. The number of carbonyl (C=O) groups excluding carboxylic acids is 3. The summed E-state index contributed by atoms with van der Waals surface area (Å²) in [5, 5.41) is 16.1. The molecule has 3 heterocycles. The van der Waals surface area contributed by atoms with Gasteiger partial charge in [-0.2, -0.15) is 16.7 Å². The highest BCUT2D eigenvalue weighted by Crippen LogP contribution is 2.33. The molecule has 3 atom stereocenters. The Bertz CT molecular complexity index is 1160. The molecular weight excluding hydrogens is 532 g/mol. The van der Waals surface area contributed by atoms with E-state index in [1.807, 2.05) is 36.9 Å². The van der Waals surface area contributed by atoms with Crippen LogP contribution in [0.2, 0.25) is 0 Å². The number of nitrogens with one attached hydrogen (secondary N) is 4. The Morgan fingerprint density at radius 2 is 1.90 bits per heavy atom. The molecule has 4 amide bonds. The van der Waals surface area contributed by atoms with Gasteiger partial charge in [-0.25, -0.2) is 4.79 Å². The van der Waals surface area contributed by atoms with Gasteiger partial charge in [0.25, 0.3) is 11.8 Å². The molecule has 12 heteroatoms. The number of rotatable bonds is 16. The van der Waals surface area contributed by atoms with Crippen LogP contribution in [0.3, 0.4) is 0 Å². The topological polar surface area (TPSA) is 147 Å². The molecule has 40 heavy (non-hydrogen) atoms. The number of aryl methyl sites for hydroxylation is 2. The Balaban J connectivity index is 0.998. The molecule has 0 unspecified atom stereocenters. The van der Waals surface area contributed by atoms with Crippen molar-refractivity contribution in [3.8, 4) is 17.2 Å². The van der Waals surface area contributed by atoms with E-state index in [1.54, 1.807) is 6.92 Å². The molecule has 11 nitrogen and oxygen atoms in total. The number of fused-ring (bicyclic) bond motifs is 1. The fourth-order valence-corrected chi connectivity index (χ4v) is 6.53. The normalized spacial score (nSPS) is 19.6. The van der Waals surface area contributed by atoms with Gasteiger partial charge in [0.1, 0.15) is 5.75 Å². The van der Waals surface area contributed by atoms with Gasteiger partial charge in [0.15, 0.2) is 12.4 Å². The molecule has 2 aliphatic rings. The number of aromatic nitrogens is 2. The molecule has 0 bridgehead atoms. The summed E-state index contributed by atoms with van der Waals surface area (Å²) >= 11 is 1.91. The number of amides is 4. The van der Waals surface area contributed by atoms with Crippen LogP contribution >= 0.6 is 11.8 Å². The van der Waals surface area contributed by atoms with E-state index >= 15 is 0 Å². The first kappa shape index (κ1) is 29.7. The van der Waals surface area contributed by atoms with Gasteiger partial charge in [0.05, 0.1) is 12.1 Å². The summed E-state index contributed by atoms with van der Waals surface area (Å²) in [7, 11) is 0. The molecule has 1 aromatic carbocycles. The van der Waals surface area contributed by atoms with Crippen molar-refractivity contribution in [3.63, 3.8) is 0 Å². The van der Waals surface area contributed by atoms with Crippen molar-refractivity contribution >= 4 is 29.6 Å². The fraction of sp³-hybridized carbons (Fsp3) is 0.607. The van der Waals surface area contributed by atoms with Crippen LogP contribution in [0.1, 0.15) is 63.3 Å². The molecular formula is C28H40N6O5S. The molecule has 0 aliphatic carbocycles.